The maximum Gasteiger partial charge on any atom is 0.197 e. The van der Waals surface area contributed by atoms with Crippen molar-refractivity contribution in [3.05, 3.63) is 83.7 Å². The lowest BCUT2D eigenvalue weighted by Crippen LogP contribution is -2.39. The van der Waals surface area contributed by atoms with E-state index in [9.17, 15) is 4.21 Å². The van der Waals surface area contributed by atoms with E-state index in [1.54, 1.807) is 6.20 Å². The number of rotatable bonds is 10. The van der Waals surface area contributed by atoms with Crippen LogP contribution >= 0.6 is 0 Å². The van der Waals surface area contributed by atoms with E-state index >= 15 is 0 Å². The summed E-state index contributed by atoms with van der Waals surface area (Å²) in [6.07, 6.45) is 8.24. The normalized spacial score (nSPS) is 15.4. The molecule has 1 N–H and O–H groups in total. The Hall–Kier alpha value is -3.03. The molecule has 0 aliphatic heterocycles. The van der Waals surface area contributed by atoms with Crippen molar-refractivity contribution in [2.75, 3.05) is 13.2 Å². The predicted molar refractivity (Wildman–Crippen MR) is 144 cm³/mol. The zero-order chi connectivity index (χ0) is 24.7. The Balaban J connectivity index is 1.23. The van der Waals surface area contributed by atoms with Gasteiger partial charge in [0, 0.05) is 30.9 Å². The Morgan fingerprint density at radius 2 is 1.81 bits per heavy atom. The number of ether oxygens (including phenoxy) is 1. The molecular formula is C29H34N4O2S. The van der Waals surface area contributed by atoms with Gasteiger partial charge in [0.05, 0.1) is 33.3 Å². The molecule has 188 valence electrons. The minimum Gasteiger partial charge on any atom is -0.492 e. The van der Waals surface area contributed by atoms with Crippen molar-refractivity contribution in [2.45, 2.75) is 62.5 Å². The smallest absolute Gasteiger partial charge is 0.197 e. The Bertz CT molecular complexity index is 1270. The number of para-hydroxylation sites is 2. The van der Waals surface area contributed by atoms with Crippen LogP contribution in [0.5, 0.6) is 5.75 Å². The third-order valence-electron chi connectivity index (χ3n) is 7.07. The van der Waals surface area contributed by atoms with Gasteiger partial charge in [-0.3, -0.25) is 14.1 Å². The number of fused-ring (bicyclic) bond motifs is 1. The summed E-state index contributed by atoms with van der Waals surface area (Å²) in [5.74, 6) is 1.11. The number of hydrogen-bond donors (Lipinski definition) is 1. The second-order valence-corrected chi connectivity index (χ2v) is 10.9. The van der Waals surface area contributed by atoms with Gasteiger partial charge in [0.15, 0.2) is 5.16 Å². The second-order valence-electron chi connectivity index (χ2n) is 9.53. The summed E-state index contributed by atoms with van der Waals surface area (Å²) in [7, 11) is -1.32. The predicted octanol–water partition coefficient (Wildman–Crippen LogP) is 5.79. The lowest BCUT2D eigenvalue weighted by molar-refractivity contribution is 0.123. The number of nitrogens with one attached hydrogen (secondary N) is 1. The first-order valence-electron chi connectivity index (χ1n) is 12.9. The van der Waals surface area contributed by atoms with Crippen LogP contribution in [0.15, 0.2) is 72.0 Å². The van der Waals surface area contributed by atoms with Gasteiger partial charge < -0.3 is 9.72 Å². The molecule has 2 aromatic carbocycles. The molecule has 2 aromatic heterocycles. The molecule has 1 saturated carbocycles. The molecule has 0 saturated heterocycles. The van der Waals surface area contributed by atoms with E-state index in [1.807, 2.05) is 37.3 Å². The highest BCUT2D eigenvalue weighted by Gasteiger charge is 2.21. The first-order valence-corrected chi connectivity index (χ1v) is 14.2. The molecule has 5 rings (SSSR count). The maximum atomic E-state index is 13.0. The van der Waals surface area contributed by atoms with Crippen LogP contribution in [0.25, 0.3) is 11.0 Å². The standard InChI is InChI=1S/C29H34N4O2S/c1-22-27(21-36(34)29-31-25-14-8-9-15-26(25)32-29)30-17-16-28(22)35-19-18-33(24-12-6-3-7-13-24)20-23-10-4-2-5-11-23/h2,4-5,8-11,14-17,24H,3,6-7,12-13,18-21H2,1H3,(H,31,32). The Labute approximate surface area is 215 Å². The van der Waals surface area contributed by atoms with Crippen molar-refractivity contribution in [3.8, 4) is 5.75 Å². The number of hydrogen-bond acceptors (Lipinski definition) is 5. The summed E-state index contributed by atoms with van der Waals surface area (Å²) < 4.78 is 19.3. The molecule has 4 aromatic rings. The van der Waals surface area contributed by atoms with Gasteiger partial charge in [-0.1, -0.05) is 61.7 Å². The summed E-state index contributed by atoms with van der Waals surface area (Å²) in [6.45, 7) is 4.43. The largest absolute Gasteiger partial charge is 0.492 e. The Kier molecular flexibility index (Phi) is 8.08. The van der Waals surface area contributed by atoms with Gasteiger partial charge >= 0.3 is 0 Å². The molecule has 36 heavy (non-hydrogen) atoms. The average molecular weight is 503 g/mol. The van der Waals surface area contributed by atoms with Gasteiger partial charge in [-0.2, -0.15) is 0 Å². The van der Waals surface area contributed by atoms with E-state index in [2.05, 4.69) is 50.2 Å². The molecule has 0 amide bonds. The fourth-order valence-corrected chi connectivity index (χ4v) is 6.12. The van der Waals surface area contributed by atoms with Crippen molar-refractivity contribution in [2.24, 2.45) is 0 Å². The van der Waals surface area contributed by atoms with Crippen LogP contribution in [-0.4, -0.2) is 43.3 Å². The van der Waals surface area contributed by atoms with E-state index in [0.29, 0.717) is 23.6 Å². The molecule has 1 aliphatic carbocycles. The molecule has 1 unspecified atom stereocenters. The van der Waals surface area contributed by atoms with Gasteiger partial charge in [0.1, 0.15) is 12.4 Å². The first kappa shape index (κ1) is 24.7. The van der Waals surface area contributed by atoms with E-state index in [1.165, 1.54) is 37.7 Å². The fraction of sp³-hybridized carbons (Fsp3) is 0.379. The van der Waals surface area contributed by atoms with E-state index < -0.39 is 10.8 Å². The Morgan fingerprint density at radius 3 is 2.61 bits per heavy atom. The van der Waals surface area contributed by atoms with Crippen LogP contribution in [0.3, 0.4) is 0 Å². The van der Waals surface area contributed by atoms with E-state index in [-0.39, 0.29) is 0 Å². The lowest BCUT2D eigenvalue weighted by Gasteiger charge is -2.34. The van der Waals surface area contributed by atoms with Crippen LogP contribution in [-0.2, 0) is 23.1 Å². The quantitative estimate of drug-likeness (QED) is 0.297. The minimum absolute atomic E-state index is 0.297. The van der Waals surface area contributed by atoms with E-state index in [4.69, 9.17) is 4.74 Å². The number of nitrogens with zero attached hydrogens (tertiary/aromatic N) is 3. The van der Waals surface area contributed by atoms with Crippen molar-refractivity contribution in [1.82, 2.24) is 19.9 Å². The molecule has 0 bridgehead atoms. The van der Waals surface area contributed by atoms with Crippen molar-refractivity contribution in [3.63, 3.8) is 0 Å². The highest BCUT2D eigenvalue weighted by atomic mass is 32.2. The zero-order valence-corrected chi connectivity index (χ0v) is 21.7. The highest BCUT2D eigenvalue weighted by molar-refractivity contribution is 7.84. The van der Waals surface area contributed by atoms with Crippen LogP contribution in [0, 0.1) is 6.92 Å². The number of aromatic amines is 1. The maximum absolute atomic E-state index is 13.0. The topological polar surface area (TPSA) is 71.1 Å². The fourth-order valence-electron chi connectivity index (χ4n) is 5.02. The number of H-pyrrole nitrogens is 1. The third kappa shape index (κ3) is 6.02. The van der Waals surface area contributed by atoms with Crippen LogP contribution in [0.4, 0.5) is 0 Å². The Morgan fingerprint density at radius 1 is 1.03 bits per heavy atom. The van der Waals surface area contributed by atoms with Gasteiger partial charge in [-0.25, -0.2) is 4.98 Å². The average Bonchev–Trinajstić information content (AvgIpc) is 3.36. The third-order valence-corrected chi connectivity index (χ3v) is 8.23. The minimum atomic E-state index is -1.32. The summed E-state index contributed by atoms with van der Waals surface area (Å²) in [6, 6.07) is 21.0. The SMILES string of the molecule is Cc1c(OCCN(Cc2ccccc2)C2CCCCC2)ccnc1CS(=O)c1nc2ccccc2[nH]1. The van der Waals surface area contributed by atoms with Crippen molar-refractivity contribution < 1.29 is 8.95 Å². The van der Waals surface area contributed by atoms with Crippen molar-refractivity contribution >= 4 is 21.8 Å². The number of pyridine rings is 1. The molecular weight excluding hydrogens is 468 g/mol. The van der Waals surface area contributed by atoms with Crippen LogP contribution < -0.4 is 4.74 Å². The number of benzene rings is 2. The van der Waals surface area contributed by atoms with Gasteiger partial charge in [-0.05, 0) is 43.5 Å². The number of aromatic nitrogens is 3. The molecule has 2 heterocycles. The molecule has 1 aliphatic rings. The molecule has 7 heteroatoms. The summed E-state index contributed by atoms with van der Waals surface area (Å²) >= 11 is 0. The van der Waals surface area contributed by atoms with Gasteiger partial charge in [0.2, 0.25) is 0 Å². The highest BCUT2D eigenvalue weighted by Crippen LogP contribution is 2.25. The molecule has 6 nitrogen and oxygen atoms in total. The number of imidazole rings is 1. The summed E-state index contributed by atoms with van der Waals surface area (Å²) in [5.41, 5.74) is 4.77. The van der Waals surface area contributed by atoms with Gasteiger partial charge in [-0.15, -0.1) is 0 Å². The molecule has 0 radical (unpaired) electrons. The monoisotopic (exact) mass is 502 g/mol. The van der Waals surface area contributed by atoms with Gasteiger partial charge in [0.25, 0.3) is 0 Å². The molecule has 1 atom stereocenters. The summed E-state index contributed by atoms with van der Waals surface area (Å²) in [4.78, 5) is 14.8. The lowest BCUT2D eigenvalue weighted by atomic mass is 9.94. The van der Waals surface area contributed by atoms with Crippen molar-refractivity contribution in [1.29, 1.82) is 0 Å². The molecule has 0 spiro atoms. The molecule has 1 fully saturated rings. The van der Waals surface area contributed by atoms with Crippen LogP contribution in [0.1, 0.15) is 48.9 Å². The second kappa shape index (κ2) is 11.8. The summed E-state index contributed by atoms with van der Waals surface area (Å²) in [5, 5.41) is 0.479. The van der Waals surface area contributed by atoms with Crippen LogP contribution in [0.2, 0.25) is 0 Å². The zero-order valence-electron chi connectivity index (χ0n) is 20.9. The first-order chi connectivity index (χ1) is 17.7. The van der Waals surface area contributed by atoms with E-state index in [0.717, 1.165) is 41.1 Å².